The van der Waals surface area contributed by atoms with E-state index in [0.29, 0.717) is 28.5 Å². The van der Waals surface area contributed by atoms with Crippen molar-refractivity contribution in [3.63, 3.8) is 0 Å². The van der Waals surface area contributed by atoms with Crippen LogP contribution in [0.3, 0.4) is 0 Å². The second kappa shape index (κ2) is 7.42. The molecule has 27 heavy (non-hydrogen) atoms. The lowest BCUT2D eigenvalue weighted by Crippen LogP contribution is -2.40. The molecule has 0 aromatic heterocycles. The number of anilines is 1. The number of hydrogen-bond acceptors (Lipinski definition) is 2. The summed E-state index contributed by atoms with van der Waals surface area (Å²) in [7, 11) is 0. The Morgan fingerprint density at radius 3 is 2.44 bits per heavy atom. The molecule has 0 saturated heterocycles. The van der Waals surface area contributed by atoms with Gasteiger partial charge in [-0.3, -0.25) is 14.5 Å². The van der Waals surface area contributed by atoms with Gasteiger partial charge in [0.15, 0.2) is 5.78 Å². The van der Waals surface area contributed by atoms with Crippen molar-refractivity contribution < 1.29 is 9.59 Å². The van der Waals surface area contributed by atoms with Crippen LogP contribution in [-0.4, -0.2) is 11.7 Å². The molecule has 0 bridgehead atoms. The molecule has 1 aliphatic heterocycles. The zero-order valence-electron chi connectivity index (χ0n) is 14.3. The van der Waals surface area contributed by atoms with Crippen molar-refractivity contribution in [3.8, 4) is 0 Å². The minimum atomic E-state index is -0.322. The van der Waals surface area contributed by atoms with Crippen molar-refractivity contribution in [2.45, 2.75) is 31.6 Å². The maximum absolute atomic E-state index is 13.1. The number of rotatable bonds is 2. The van der Waals surface area contributed by atoms with Gasteiger partial charge in [0.1, 0.15) is 0 Å². The number of amides is 1. The molecule has 1 atom stereocenters. The molecule has 4 rings (SSSR count). The minimum absolute atomic E-state index is 0.0261. The SMILES string of the molecule is O=C1CCCC2=C1C(c1ccc(Cl)cc1Cl)CC(=O)N2c1ccc(Br)cc1. The average molecular weight is 465 g/mol. The molecule has 6 heteroatoms. The van der Waals surface area contributed by atoms with Gasteiger partial charge in [0.2, 0.25) is 5.91 Å². The van der Waals surface area contributed by atoms with Crippen molar-refractivity contribution in [3.05, 3.63) is 73.8 Å². The number of benzene rings is 2. The van der Waals surface area contributed by atoms with Crippen molar-refractivity contribution in [1.29, 1.82) is 0 Å². The van der Waals surface area contributed by atoms with E-state index in [1.165, 1.54) is 0 Å². The fourth-order valence-electron chi connectivity index (χ4n) is 3.93. The quantitative estimate of drug-likeness (QED) is 0.524. The van der Waals surface area contributed by atoms with Crippen LogP contribution in [0.25, 0.3) is 0 Å². The summed E-state index contributed by atoms with van der Waals surface area (Å²) >= 11 is 15.9. The predicted octanol–water partition coefficient (Wildman–Crippen LogP) is 6.28. The number of Topliss-reactive ketones (excluding diaryl/α,β-unsaturated/α-hetero) is 1. The third-order valence-electron chi connectivity index (χ3n) is 5.10. The Balaban J connectivity index is 1.87. The fraction of sp³-hybridized carbons (Fsp3) is 0.238. The van der Waals surface area contributed by atoms with Crippen molar-refractivity contribution in [1.82, 2.24) is 0 Å². The van der Waals surface area contributed by atoms with E-state index in [9.17, 15) is 9.59 Å². The van der Waals surface area contributed by atoms with E-state index in [0.717, 1.165) is 27.8 Å². The average Bonchev–Trinajstić information content (AvgIpc) is 2.62. The van der Waals surface area contributed by atoms with Gasteiger partial charge in [-0.1, -0.05) is 45.2 Å². The standard InChI is InChI=1S/C21H16BrCl2NO2/c22-12-4-7-14(8-5-12)25-18-2-1-3-19(26)21(18)16(11-20(25)27)15-9-6-13(23)10-17(15)24/h4-10,16H,1-3,11H2. The van der Waals surface area contributed by atoms with Gasteiger partial charge in [-0.25, -0.2) is 0 Å². The summed E-state index contributed by atoms with van der Waals surface area (Å²) in [6.07, 6.45) is 2.16. The van der Waals surface area contributed by atoms with E-state index in [1.54, 1.807) is 17.0 Å². The number of carbonyl (C=O) groups is 2. The van der Waals surface area contributed by atoms with Crippen molar-refractivity contribution >= 4 is 56.5 Å². The van der Waals surface area contributed by atoms with Gasteiger partial charge in [-0.05, 0) is 54.8 Å². The summed E-state index contributed by atoms with van der Waals surface area (Å²) in [6.45, 7) is 0. The van der Waals surface area contributed by atoms with Gasteiger partial charge in [-0.2, -0.15) is 0 Å². The Hall–Kier alpha value is -1.62. The van der Waals surface area contributed by atoms with E-state index in [1.807, 2.05) is 30.3 Å². The maximum atomic E-state index is 13.1. The monoisotopic (exact) mass is 463 g/mol. The maximum Gasteiger partial charge on any atom is 0.232 e. The summed E-state index contributed by atoms with van der Waals surface area (Å²) in [5, 5.41) is 1.02. The number of carbonyl (C=O) groups excluding carboxylic acids is 2. The van der Waals surface area contributed by atoms with Gasteiger partial charge in [-0.15, -0.1) is 0 Å². The van der Waals surface area contributed by atoms with Gasteiger partial charge >= 0.3 is 0 Å². The lowest BCUT2D eigenvalue weighted by Gasteiger charge is -2.38. The zero-order chi connectivity index (χ0) is 19.1. The second-order valence-electron chi connectivity index (χ2n) is 6.77. The molecular formula is C21H16BrCl2NO2. The number of nitrogens with zero attached hydrogens (tertiary/aromatic N) is 1. The largest absolute Gasteiger partial charge is 0.294 e. The second-order valence-corrected chi connectivity index (χ2v) is 8.52. The van der Waals surface area contributed by atoms with E-state index >= 15 is 0 Å². The van der Waals surface area contributed by atoms with Crippen LogP contribution in [0.1, 0.15) is 37.2 Å². The first-order chi connectivity index (χ1) is 13.0. The first-order valence-electron chi connectivity index (χ1n) is 8.75. The van der Waals surface area contributed by atoms with Crippen LogP contribution in [0, 0.1) is 0 Å². The van der Waals surface area contributed by atoms with Gasteiger partial charge in [0.05, 0.1) is 0 Å². The summed E-state index contributed by atoms with van der Waals surface area (Å²) in [5.41, 5.74) is 3.09. The highest BCUT2D eigenvalue weighted by Crippen LogP contribution is 2.45. The molecule has 2 aromatic rings. The molecule has 138 valence electrons. The molecule has 0 spiro atoms. The summed E-state index contributed by atoms with van der Waals surface area (Å²) in [6, 6.07) is 12.8. The highest BCUT2D eigenvalue weighted by molar-refractivity contribution is 9.10. The first kappa shape index (κ1) is 18.7. The molecule has 1 unspecified atom stereocenters. The summed E-state index contributed by atoms with van der Waals surface area (Å²) < 4.78 is 0.940. The van der Waals surface area contributed by atoms with Crippen LogP contribution in [0.5, 0.6) is 0 Å². The molecule has 2 aromatic carbocycles. The summed E-state index contributed by atoms with van der Waals surface area (Å²) in [5.74, 6) is -0.250. The molecule has 1 heterocycles. The van der Waals surface area contributed by atoms with Crippen LogP contribution in [0.15, 0.2) is 58.2 Å². The normalized spacial score (nSPS) is 20.1. The molecule has 1 amide bonds. The molecule has 0 radical (unpaired) electrons. The van der Waals surface area contributed by atoms with Crippen LogP contribution >= 0.6 is 39.1 Å². The molecular weight excluding hydrogens is 449 g/mol. The van der Waals surface area contributed by atoms with Crippen molar-refractivity contribution in [2.24, 2.45) is 0 Å². The van der Waals surface area contributed by atoms with Gasteiger partial charge in [0, 0.05) is 50.2 Å². The topological polar surface area (TPSA) is 37.4 Å². The van der Waals surface area contributed by atoms with Crippen LogP contribution < -0.4 is 4.90 Å². The number of hydrogen-bond donors (Lipinski definition) is 0. The Bertz CT molecular complexity index is 969. The number of halogens is 3. The van der Waals surface area contributed by atoms with Crippen LogP contribution in [0.4, 0.5) is 5.69 Å². The highest BCUT2D eigenvalue weighted by Gasteiger charge is 2.40. The lowest BCUT2D eigenvalue weighted by molar-refractivity contribution is -0.119. The Morgan fingerprint density at radius 1 is 1.00 bits per heavy atom. The Kier molecular flexibility index (Phi) is 5.15. The molecule has 1 aliphatic carbocycles. The van der Waals surface area contributed by atoms with E-state index in [2.05, 4.69) is 15.9 Å². The van der Waals surface area contributed by atoms with Gasteiger partial charge in [0.25, 0.3) is 0 Å². The third kappa shape index (κ3) is 3.46. The highest BCUT2D eigenvalue weighted by atomic mass is 79.9. The smallest absolute Gasteiger partial charge is 0.232 e. The minimum Gasteiger partial charge on any atom is -0.294 e. The molecule has 0 saturated carbocycles. The third-order valence-corrected chi connectivity index (χ3v) is 6.19. The zero-order valence-corrected chi connectivity index (χ0v) is 17.4. The number of ketones is 1. The lowest BCUT2D eigenvalue weighted by atomic mass is 9.77. The van der Waals surface area contributed by atoms with E-state index in [4.69, 9.17) is 23.2 Å². The Labute approximate surface area is 176 Å². The predicted molar refractivity (Wildman–Crippen MR) is 111 cm³/mol. The molecule has 0 fully saturated rings. The van der Waals surface area contributed by atoms with Gasteiger partial charge < -0.3 is 0 Å². The Morgan fingerprint density at radius 2 is 1.74 bits per heavy atom. The van der Waals surface area contributed by atoms with E-state index in [-0.39, 0.29) is 24.0 Å². The fourth-order valence-corrected chi connectivity index (χ4v) is 4.74. The first-order valence-corrected chi connectivity index (χ1v) is 10.3. The summed E-state index contributed by atoms with van der Waals surface area (Å²) in [4.78, 5) is 27.7. The molecule has 2 aliphatic rings. The van der Waals surface area contributed by atoms with Crippen molar-refractivity contribution in [2.75, 3.05) is 4.90 Å². The molecule has 3 nitrogen and oxygen atoms in total. The molecule has 0 N–H and O–H groups in total. The number of allylic oxidation sites excluding steroid dienone is 2. The van der Waals surface area contributed by atoms with Crippen LogP contribution in [0.2, 0.25) is 10.0 Å². The van der Waals surface area contributed by atoms with Crippen LogP contribution in [-0.2, 0) is 9.59 Å². The van der Waals surface area contributed by atoms with E-state index < -0.39 is 0 Å².